The summed E-state index contributed by atoms with van der Waals surface area (Å²) in [5.41, 5.74) is 3.11. The van der Waals surface area contributed by atoms with Gasteiger partial charge in [-0.25, -0.2) is 5.43 Å². The van der Waals surface area contributed by atoms with E-state index in [1.165, 1.54) is 6.21 Å². The minimum Gasteiger partial charge on any atom is -0.487 e. The fraction of sp³-hybridized carbons (Fsp3) is 0.154. The van der Waals surface area contributed by atoms with Crippen molar-refractivity contribution < 1.29 is 9.53 Å². The summed E-state index contributed by atoms with van der Waals surface area (Å²) in [6, 6.07) is 5.53. The van der Waals surface area contributed by atoms with E-state index in [2.05, 4.69) is 62.3 Å². The SMILES string of the molecule is C=CCOc1c(I)cc(C=NNC(=O)CC#N)cc1I. The molecule has 1 N–H and O–H groups in total. The third-order valence-corrected chi connectivity index (χ3v) is 3.61. The van der Waals surface area contributed by atoms with E-state index in [1.807, 2.05) is 12.1 Å². The first kappa shape index (κ1) is 16.9. The van der Waals surface area contributed by atoms with Crippen LogP contribution < -0.4 is 10.2 Å². The van der Waals surface area contributed by atoms with Crippen LogP contribution in [0.3, 0.4) is 0 Å². The van der Waals surface area contributed by atoms with Gasteiger partial charge in [-0.15, -0.1) is 0 Å². The van der Waals surface area contributed by atoms with Crippen molar-refractivity contribution in [1.82, 2.24) is 5.43 Å². The molecule has 0 heterocycles. The number of rotatable bonds is 6. The zero-order valence-corrected chi connectivity index (χ0v) is 14.7. The van der Waals surface area contributed by atoms with Crippen LogP contribution in [0.5, 0.6) is 5.75 Å². The number of hydrogen-bond acceptors (Lipinski definition) is 4. The number of halogens is 2. The summed E-state index contributed by atoms with van der Waals surface area (Å²) >= 11 is 4.35. The number of nitriles is 1. The zero-order chi connectivity index (χ0) is 15.0. The molecular formula is C13H11I2N3O2. The number of ether oxygens (including phenoxy) is 1. The Morgan fingerprint density at radius 1 is 1.50 bits per heavy atom. The van der Waals surface area contributed by atoms with Crippen molar-refractivity contribution >= 4 is 57.3 Å². The summed E-state index contributed by atoms with van der Waals surface area (Å²) < 4.78 is 7.45. The highest BCUT2D eigenvalue weighted by atomic mass is 127. The third-order valence-electron chi connectivity index (χ3n) is 2.01. The number of hydrogen-bond donors (Lipinski definition) is 1. The Balaban J connectivity index is 2.78. The molecule has 20 heavy (non-hydrogen) atoms. The minimum absolute atomic E-state index is 0.208. The van der Waals surface area contributed by atoms with Gasteiger partial charge in [0.15, 0.2) is 0 Å². The number of nitrogens with zero attached hydrogens (tertiary/aromatic N) is 2. The zero-order valence-electron chi connectivity index (χ0n) is 10.4. The molecule has 0 aromatic heterocycles. The Hall–Kier alpha value is -1.15. The lowest BCUT2D eigenvalue weighted by Gasteiger charge is -2.09. The third kappa shape index (κ3) is 5.46. The molecular weight excluding hydrogens is 484 g/mol. The van der Waals surface area contributed by atoms with Crippen LogP contribution >= 0.6 is 45.2 Å². The van der Waals surface area contributed by atoms with Gasteiger partial charge in [-0.1, -0.05) is 12.7 Å². The molecule has 0 aliphatic rings. The molecule has 0 aliphatic heterocycles. The summed E-state index contributed by atoms with van der Waals surface area (Å²) in [7, 11) is 0. The lowest BCUT2D eigenvalue weighted by atomic mass is 10.2. The Kier molecular flexibility index (Phi) is 7.53. The normalized spacial score (nSPS) is 10.1. The maximum absolute atomic E-state index is 11.1. The van der Waals surface area contributed by atoms with Crippen molar-refractivity contribution in [3.05, 3.63) is 37.5 Å². The molecule has 1 aromatic rings. The van der Waals surface area contributed by atoms with Crippen LogP contribution in [-0.2, 0) is 4.79 Å². The summed E-state index contributed by atoms with van der Waals surface area (Å²) in [4.78, 5) is 11.1. The average molecular weight is 495 g/mol. The lowest BCUT2D eigenvalue weighted by molar-refractivity contribution is -0.120. The molecule has 1 amide bonds. The molecule has 0 fully saturated rings. The molecule has 104 valence electrons. The predicted octanol–water partition coefficient (Wildman–Crippen LogP) is 2.82. The largest absolute Gasteiger partial charge is 0.487 e. The molecule has 0 bridgehead atoms. The standard InChI is InChI=1S/C13H11I2N3O2/c1-2-5-20-13-10(14)6-9(7-11(13)15)8-17-18-12(19)3-4-16/h2,6-8H,1,3,5H2,(H,18,19). The van der Waals surface area contributed by atoms with Crippen molar-refractivity contribution in [2.45, 2.75) is 6.42 Å². The van der Waals surface area contributed by atoms with Gasteiger partial charge in [-0.2, -0.15) is 10.4 Å². The topological polar surface area (TPSA) is 74.5 Å². The average Bonchev–Trinajstić information content (AvgIpc) is 2.38. The quantitative estimate of drug-likeness (QED) is 0.286. The summed E-state index contributed by atoms with van der Waals surface area (Å²) in [6.07, 6.45) is 3.00. The molecule has 0 saturated heterocycles. The lowest BCUT2D eigenvalue weighted by Crippen LogP contribution is -2.16. The fourth-order valence-corrected chi connectivity index (χ4v) is 3.35. The predicted molar refractivity (Wildman–Crippen MR) is 93.5 cm³/mol. The second kappa shape index (κ2) is 8.91. The highest BCUT2D eigenvalue weighted by molar-refractivity contribution is 14.1. The van der Waals surface area contributed by atoms with Gasteiger partial charge in [-0.05, 0) is 62.9 Å². The van der Waals surface area contributed by atoms with E-state index in [0.717, 1.165) is 18.5 Å². The van der Waals surface area contributed by atoms with Crippen LogP contribution in [0.2, 0.25) is 0 Å². The molecule has 0 radical (unpaired) electrons. The Bertz CT molecular complexity index is 556. The van der Waals surface area contributed by atoms with Gasteiger partial charge in [0.05, 0.1) is 19.4 Å². The van der Waals surface area contributed by atoms with Crippen LogP contribution in [0, 0.1) is 18.5 Å². The van der Waals surface area contributed by atoms with Crippen molar-refractivity contribution in [2.24, 2.45) is 5.10 Å². The monoisotopic (exact) mass is 495 g/mol. The van der Waals surface area contributed by atoms with Crippen molar-refractivity contribution in [3.8, 4) is 11.8 Å². The molecule has 7 heteroatoms. The van der Waals surface area contributed by atoms with Crippen LogP contribution in [0.1, 0.15) is 12.0 Å². The molecule has 1 aromatic carbocycles. The van der Waals surface area contributed by atoms with E-state index < -0.39 is 5.91 Å². The number of hydrazone groups is 1. The molecule has 5 nitrogen and oxygen atoms in total. The van der Waals surface area contributed by atoms with Crippen LogP contribution in [0.4, 0.5) is 0 Å². The Labute approximate surface area is 144 Å². The number of amides is 1. The fourth-order valence-electron chi connectivity index (χ4n) is 1.22. The highest BCUT2D eigenvalue weighted by Crippen LogP contribution is 2.28. The molecule has 0 atom stereocenters. The summed E-state index contributed by atoms with van der Waals surface area (Å²) in [6.45, 7) is 4.06. The van der Waals surface area contributed by atoms with Gasteiger partial charge in [0.25, 0.3) is 5.91 Å². The molecule has 0 unspecified atom stereocenters. The van der Waals surface area contributed by atoms with Crippen molar-refractivity contribution in [1.29, 1.82) is 5.26 Å². The number of benzene rings is 1. The smallest absolute Gasteiger partial charge is 0.254 e. The molecule has 0 aliphatic carbocycles. The minimum atomic E-state index is -0.431. The maximum Gasteiger partial charge on any atom is 0.254 e. The van der Waals surface area contributed by atoms with Crippen molar-refractivity contribution in [2.75, 3.05) is 6.61 Å². The van der Waals surface area contributed by atoms with Crippen molar-refractivity contribution in [3.63, 3.8) is 0 Å². The maximum atomic E-state index is 11.1. The van der Waals surface area contributed by atoms with Crippen LogP contribution in [0.15, 0.2) is 29.9 Å². The second-order valence-electron chi connectivity index (χ2n) is 3.54. The second-order valence-corrected chi connectivity index (χ2v) is 5.87. The number of carbonyl (C=O) groups is 1. The van der Waals surface area contributed by atoms with Gasteiger partial charge in [-0.3, -0.25) is 4.79 Å². The van der Waals surface area contributed by atoms with Gasteiger partial charge < -0.3 is 4.74 Å². The highest BCUT2D eigenvalue weighted by Gasteiger charge is 2.07. The summed E-state index contributed by atoms with van der Waals surface area (Å²) in [5, 5.41) is 12.1. The number of nitrogens with one attached hydrogen (secondary N) is 1. The Morgan fingerprint density at radius 2 is 2.15 bits per heavy atom. The number of carbonyl (C=O) groups excluding carboxylic acids is 1. The molecule has 0 spiro atoms. The Morgan fingerprint density at radius 3 is 2.70 bits per heavy atom. The summed E-state index contributed by atoms with van der Waals surface area (Å²) in [5.74, 6) is 0.371. The van der Waals surface area contributed by atoms with E-state index >= 15 is 0 Å². The van der Waals surface area contributed by atoms with Gasteiger partial charge in [0.1, 0.15) is 18.8 Å². The van der Waals surface area contributed by atoms with E-state index in [4.69, 9.17) is 10.00 Å². The van der Waals surface area contributed by atoms with Gasteiger partial charge >= 0.3 is 0 Å². The molecule has 1 rings (SSSR count). The van der Waals surface area contributed by atoms with E-state index in [0.29, 0.717) is 6.61 Å². The van der Waals surface area contributed by atoms with Gasteiger partial charge in [0.2, 0.25) is 0 Å². The van der Waals surface area contributed by atoms with E-state index in [1.54, 1.807) is 12.1 Å². The van der Waals surface area contributed by atoms with Gasteiger partial charge in [0, 0.05) is 0 Å². The van der Waals surface area contributed by atoms with E-state index in [-0.39, 0.29) is 6.42 Å². The first-order valence-electron chi connectivity index (χ1n) is 5.50. The first-order chi connectivity index (χ1) is 9.58. The van der Waals surface area contributed by atoms with Crippen LogP contribution in [0.25, 0.3) is 0 Å². The first-order valence-corrected chi connectivity index (χ1v) is 7.65. The molecule has 0 saturated carbocycles. The van der Waals surface area contributed by atoms with Crippen LogP contribution in [-0.4, -0.2) is 18.7 Å². The van der Waals surface area contributed by atoms with E-state index in [9.17, 15) is 4.79 Å².